The molecule has 0 spiro atoms. The number of hydrogen-bond donors (Lipinski definition) is 2. The summed E-state index contributed by atoms with van der Waals surface area (Å²) in [6, 6.07) is 0.568. The number of pyridine rings is 1. The van der Waals surface area contributed by atoms with E-state index in [0.717, 1.165) is 25.5 Å². The van der Waals surface area contributed by atoms with Crippen molar-refractivity contribution in [1.82, 2.24) is 15.6 Å². The second-order valence-electron chi connectivity index (χ2n) is 4.80. The standard InChI is InChI=1S/C13H15ClF3N3O2/c14-9-6-8(13(15,16)17)7-20-12(9)22-5-4-19-11(21)10-2-1-3-18-10/h6-7,10,18H,1-5H2,(H,19,21). The number of carbonyl (C=O) groups excluding carboxylic acids is 1. The van der Waals surface area contributed by atoms with Gasteiger partial charge < -0.3 is 15.4 Å². The summed E-state index contributed by atoms with van der Waals surface area (Å²) in [4.78, 5) is 15.2. The quantitative estimate of drug-likeness (QED) is 0.807. The molecule has 9 heteroatoms. The van der Waals surface area contributed by atoms with E-state index in [1.54, 1.807) is 0 Å². The minimum Gasteiger partial charge on any atom is -0.475 e. The molecule has 0 aliphatic carbocycles. The summed E-state index contributed by atoms with van der Waals surface area (Å²) < 4.78 is 42.5. The average Bonchev–Trinajstić information content (AvgIpc) is 2.97. The molecule has 1 unspecified atom stereocenters. The van der Waals surface area contributed by atoms with Crippen LogP contribution in [0.3, 0.4) is 0 Å². The molecule has 1 saturated heterocycles. The van der Waals surface area contributed by atoms with Crippen LogP contribution in [0.4, 0.5) is 13.2 Å². The Balaban J connectivity index is 1.78. The first-order valence-corrected chi connectivity index (χ1v) is 7.12. The van der Waals surface area contributed by atoms with Crippen LogP contribution in [0.5, 0.6) is 5.88 Å². The number of amides is 1. The Labute approximate surface area is 130 Å². The van der Waals surface area contributed by atoms with Gasteiger partial charge in [0.25, 0.3) is 0 Å². The lowest BCUT2D eigenvalue weighted by atomic mass is 10.2. The molecule has 1 aromatic heterocycles. The van der Waals surface area contributed by atoms with Crippen molar-refractivity contribution < 1.29 is 22.7 Å². The summed E-state index contributed by atoms with van der Waals surface area (Å²) in [6.45, 7) is 1.10. The van der Waals surface area contributed by atoms with Crippen LogP contribution in [-0.2, 0) is 11.0 Å². The Morgan fingerprint density at radius 3 is 2.91 bits per heavy atom. The zero-order valence-corrected chi connectivity index (χ0v) is 12.3. The molecule has 1 aliphatic heterocycles. The molecule has 22 heavy (non-hydrogen) atoms. The van der Waals surface area contributed by atoms with Crippen LogP contribution in [0.25, 0.3) is 0 Å². The summed E-state index contributed by atoms with van der Waals surface area (Å²) >= 11 is 5.70. The highest BCUT2D eigenvalue weighted by Crippen LogP contribution is 2.32. The van der Waals surface area contributed by atoms with Gasteiger partial charge in [-0.2, -0.15) is 13.2 Å². The largest absolute Gasteiger partial charge is 0.475 e. The number of nitrogens with zero attached hydrogens (tertiary/aromatic N) is 1. The normalized spacial score (nSPS) is 18.3. The van der Waals surface area contributed by atoms with E-state index in [1.807, 2.05) is 0 Å². The zero-order valence-electron chi connectivity index (χ0n) is 11.5. The Morgan fingerprint density at radius 1 is 1.55 bits per heavy atom. The summed E-state index contributed by atoms with van der Waals surface area (Å²) in [5.41, 5.74) is -0.939. The van der Waals surface area contributed by atoms with Gasteiger partial charge in [-0.15, -0.1) is 0 Å². The van der Waals surface area contributed by atoms with Crippen molar-refractivity contribution in [3.63, 3.8) is 0 Å². The van der Waals surface area contributed by atoms with Crippen molar-refractivity contribution in [2.24, 2.45) is 0 Å². The lowest BCUT2D eigenvalue weighted by Gasteiger charge is -2.12. The van der Waals surface area contributed by atoms with Crippen LogP contribution in [0.2, 0.25) is 5.02 Å². The molecule has 1 aliphatic rings. The van der Waals surface area contributed by atoms with Crippen LogP contribution >= 0.6 is 11.6 Å². The molecular formula is C13H15ClF3N3O2. The fraction of sp³-hybridized carbons (Fsp3) is 0.538. The molecule has 1 amide bonds. The van der Waals surface area contributed by atoms with E-state index in [0.29, 0.717) is 6.20 Å². The summed E-state index contributed by atoms with van der Waals surface area (Å²) in [6.07, 6.45) is -2.10. The van der Waals surface area contributed by atoms with E-state index < -0.39 is 11.7 Å². The molecule has 1 fully saturated rings. The Hall–Kier alpha value is -1.54. The van der Waals surface area contributed by atoms with Crippen molar-refractivity contribution in [2.45, 2.75) is 25.1 Å². The average molecular weight is 338 g/mol. The minimum atomic E-state index is -4.50. The van der Waals surface area contributed by atoms with Gasteiger partial charge >= 0.3 is 6.18 Å². The maximum Gasteiger partial charge on any atom is 0.417 e. The molecular weight excluding hydrogens is 323 g/mol. The predicted octanol–water partition coefficient (Wildman–Crippen LogP) is 2.00. The zero-order chi connectivity index (χ0) is 16.2. The number of carbonyl (C=O) groups is 1. The first-order valence-electron chi connectivity index (χ1n) is 6.74. The van der Waals surface area contributed by atoms with Crippen LogP contribution in [0.15, 0.2) is 12.3 Å². The Morgan fingerprint density at radius 2 is 2.32 bits per heavy atom. The molecule has 2 heterocycles. The Kier molecular flexibility index (Phi) is 5.47. The summed E-state index contributed by atoms with van der Waals surface area (Å²) in [7, 11) is 0. The predicted molar refractivity (Wildman–Crippen MR) is 73.8 cm³/mol. The maximum atomic E-state index is 12.5. The molecule has 0 saturated carbocycles. The van der Waals surface area contributed by atoms with Gasteiger partial charge in [0, 0.05) is 6.20 Å². The second kappa shape index (κ2) is 7.15. The highest BCUT2D eigenvalue weighted by molar-refractivity contribution is 6.31. The highest BCUT2D eigenvalue weighted by Gasteiger charge is 2.31. The van der Waals surface area contributed by atoms with E-state index in [1.165, 1.54) is 0 Å². The first-order chi connectivity index (χ1) is 10.4. The monoisotopic (exact) mass is 337 g/mol. The molecule has 0 aromatic carbocycles. The van der Waals surface area contributed by atoms with Crippen molar-refractivity contribution in [3.05, 3.63) is 22.8 Å². The third-order valence-electron chi connectivity index (χ3n) is 3.15. The molecule has 2 N–H and O–H groups in total. The van der Waals surface area contributed by atoms with Crippen LogP contribution in [0, 0.1) is 0 Å². The van der Waals surface area contributed by atoms with Gasteiger partial charge in [0.2, 0.25) is 11.8 Å². The van der Waals surface area contributed by atoms with Crippen molar-refractivity contribution >= 4 is 17.5 Å². The van der Waals surface area contributed by atoms with Gasteiger partial charge in [-0.1, -0.05) is 11.6 Å². The van der Waals surface area contributed by atoms with E-state index >= 15 is 0 Å². The van der Waals surface area contributed by atoms with Crippen LogP contribution in [0.1, 0.15) is 18.4 Å². The number of nitrogens with one attached hydrogen (secondary N) is 2. The van der Waals surface area contributed by atoms with Gasteiger partial charge in [0.1, 0.15) is 11.6 Å². The van der Waals surface area contributed by atoms with E-state index in [-0.39, 0.29) is 36.0 Å². The van der Waals surface area contributed by atoms with Gasteiger partial charge in [0.05, 0.1) is 18.2 Å². The topological polar surface area (TPSA) is 63.2 Å². The molecule has 1 atom stereocenters. The lowest BCUT2D eigenvalue weighted by Crippen LogP contribution is -2.41. The number of ether oxygens (including phenoxy) is 1. The lowest BCUT2D eigenvalue weighted by molar-refractivity contribution is -0.137. The number of hydrogen-bond acceptors (Lipinski definition) is 4. The molecule has 0 bridgehead atoms. The minimum absolute atomic E-state index is 0.0660. The fourth-order valence-corrected chi connectivity index (χ4v) is 2.26. The van der Waals surface area contributed by atoms with Gasteiger partial charge in [-0.3, -0.25) is 4.79 Å². The van der Waals surface area contributed by atoms with E-state index in [4.69, 9.17) is 16.3 Å². The third-order valence-corrected chi connectivity index (χ3v) is 3.42. The molecule has 122 valence electrons. The van der Waals surface area contributed by atoms with E-state index in [9.17, 15) is 18.0 Å². The van der Waals surface area contributed by atoms with Crippen LogP contribution < -0.4 is 15.4 Å². The molecule has 0 radical (unpaired) electrons. The van der Waals surface area contributed by atoms with Gasteiger partial charge in [-0.25, -0.2) is 4.98 Å². The molecule has 1 aromatic rings. The number of alkyl halides is 3. The smallest absolute Gasteiger partial charge is 0.417 e. The van der Waals surface area contributed by atoms with Crippen LogP contribution in [-0.4, -0.2) is 36.6 Å². The number of rotatable bonds is 5. The van der Waals surface area contributed by atoms with Crippen molar-refractivity contribution in [3.8, 4) is 5.88 Å². The number of halogens is 4. The maximum absolute atomic E-state index is 12.5. The number of aromatic nitrogens is 1. The fourth-order valence-electron chi connectivity index (χ4n) is 2.04. The SMILES string of the molecule is O=C(NCCOc1ncc(C(F)(F)F)cc1Cl)C1CCCN1. The van der Waals surface area contributed by atoms with Crippen molar-refractivity contribution in [1.29, 1.82) is 0 Å². The van der Waals surface area contributed by atoms with Gasteiger partial charge in [-0.05, 0) is 25.5 Å². The summed E-state index contributed by atoms with van der Waals surface area (Å²) in [5.74, 6) is -0.213. The first kappa shape index (κ1) is 16.8. The summed E-state index contributed by atoms with van der Waals surface area (Å²) in [5, 5.41) is 5.50. The molecule has 2 rings (SSSR count). The van der Waals surface area contributed by atoms with E-state index in [2.05, 4.69) is 15.6 Å². The highest BCUT2D eigenvalue weighted by atomic mass is 35.5. The van der Waals surface area contributed by atoms with Gasteiger partial charge in [0.15, 0.2) is 0 Å². The third kappa shape index (κ3) is 4.48. The second-order valence-corrected chi connectivity index (χ2v) is 5.20. The molecule has 5 nitrogen and oxygen atoms in total. The Bertz CT molecular complexity index is 534. The van der Waals surface area contributed by atoms with Crippen molar-refractivity contribution in [2.75, 3.05) is 19.7 Å².